The molecular formula is C17H22N2O2. The second-order valence-electron chi connectivity index (χ2n) is 5.01. The Labute approximate surface area is 125 Å². The summed E-state index contributed by atoms with van der Waals surface area (Å²) in [5.41, 5.74) is 1.59. The summed E-state index contributed by atoms with van der Waals surface area (Å²) in [5, 5.41) is 3.86. The minimum absolute atomic E-state index is 0.0299. The van der Waals surface area contributed by atoms with E-state index in [0.29, 0.717) is 13.0 Å². The van der Waals surface area contributed by atoms with Crippen LogP contribution in [0.4, 0.5) is 5.69 Å². The second-order valence-corrected chi connectivity index (χ2v) is 5.01. The molecule has 0 saturated carbocycles. The minimum Gasteiger partial charge on any atom is -0.491 e. The Kier molecular flexibility index (Phi) is 5.55. The van der Waals surface area contributed by atoms with Gasteiger partial charge in [-0.3, -0.25) is 9.78 Å². The number of rotatable bonds is 7. The molecule has 0 saturated heterocycles. The molecule has 0 spiro atoms. The summed E-state index contributed by atoms with van der Waals surface area (Å²) in [6, 6.07) is 7.59. The van der Waals surface area contributed by atoms with Crippen molar-refractivity contribution < 1.29 is 9.53 Å². The molecule has 1 aromatic carbocycles. The number of fused-ring (bicyclic) bond motifs is 1. The topological polar surface area (TPSA) is 51.2 Å². The molecule has 2 aromatic rings. The number of amides is 1. The fourth-order valence-electron chi connectivity index (χ4n) is 2.14. The van der Waals surface area contributed by atoms with Gasteiger partial charge in [0.05, 0.1) is 12.3 Å². The molecule has 21 heavy (non-hydrogen) atoms. The molecular weight excluding hydrogens is 264 g/mol. The highest BCUT2D eigenvalue weighted by molar-refractivity contribution is 6.02. The third kappa shape index (κ3) is 3.94. The molecule has 0 bridgehead atoms. The molecule has 1 heterocycles. The van der Waals surface area contributed by atoms with Crippen LogP contribution in [0.2, 0.25) is 0 Å². The predicted octanol–water partition coefficient (Wildman–Crippen LogP) is 4.15. The van der Waals surface area contributed by atoms with Crippen LogP contribution in [-0.2, 0) is 4.79 Å². The summed E-state index contributed by atoms with van der Waals surface area (Å²) in [7, 11) is 0. The van der Waals surface area contributed by atoms with Gasteiger partial charge in [-0.1, -0.05) is 20.3 Å². The van der Waals surface area contributed by atoms with Crippen LogP contribution in [0.5, 0.6) is 5.75 Å². The Morgan fingerprint density at radius 1 is 1.24 bits per heavy atom. The van der Waals surface area contributed by atoms with Crippen LogP contribution in [-0.4, -0.2) is 17.5 Å². The van der Waals surface area contributed by atoms with Crippen molar-refractivity contribution in [3.8, 4) is 5.75 Å². The Balaban J connectivity index is 2.28. The van der Waals surface area contributed by atoms with E-state index in [1.807, 2.05) is 31.2 Å². The summed E-state index contributed by atoms with van der Waals surface area (Å²) in [5.74, 6) is 0.801. The SMILES string of the molecule is CCCCOc1ccc(NC(=O)CCC)c2cccnc12. The average Bonchev–Trinajstić information content (AvgIpc) is 2.50. The van der Waals surface area contributed by atoms with Crippen LogP contribution in [0.25, 0.3) is 10.9 Å². The van der Waals surface area contributed by atoms with E-state index in [2.05, 4.69) is 17.2 Å². The first-order valence-corrected chi connectivity index (χ1v) is 7.56. The van der Waals surface area contributed by atoms with Gasteiger partial charge in [0.25, 0.3) is 0 Å². The number of aromatic nitrogens is 1. The van der Waals surface area contributed by atoms with Crippen LogP contribution < -0.4 is 10.1 Å². The molecule has 4 heteroatoms. The van der Waals surface area contributed by atoms with Gasteiger partial charge in [-0.2, -0.15) is 0 Å². The average molecular weight is 286 g/mol. The lowest BCUT2D eigenvalue weighted by atomic mass is 10.1. The van der Waals surface area contributed by atoms with E-state index in [4.69, 9.17) is 4.74 Å². The van der Waals surface area contributed by atoms with Gasteiger partial charge in [0.15, 0.2) is 0 Å². The molecule has 0 aliphatic rings. The molecule has 0 radical (unpaired) electrons. The highest BCUT2D eigenvalue weighted by Crippen LogP contribution is 2.30. The first-order chi connectivity index (χ1) is 10.3. The molecule has 112 valence electrons. The van der Waals surface area contributed by atoms with Crippen LogP contribution in [0.15, 0.2) is 30.5 Å². The van der Waals surface area contributed by atoms with Gasteiger partial charge in [-0.25, -0.2) is 0 Å². The summed E-state index contributed by atoms with van der Waals surface area (Å²) >= 11 is 0. The summed E-state index contributed by atoms with van der Waals surface area (Å²) < 4.78 is 5.79. The van der Waals surface area contributed by atoms with Gasteiger partial charge < -0.3 is 10.1 Å². The number of pyridine rings is 1. The molecule has 0 fully saturated rings. The Hall–Kier alpha value is -2.10. The van der Waals surface area contributed by atoms with E-state index in [9.17, 15) is 4.79 Å². The van der Waals surface area contributed by atoms with E-state index in [0.717, 1.165) is 41.6 Å². The van der Waals surface area contributed by atoms with Crippen molar-refractivity contribution in [1.82, 2.24) is 4.98 Å². The quantitative estimate of drug-likeness (QED) is 0.778. The number of benzene rings is 1. The molecule has 0 atom stereocenters. The third-order valence-corrected chi connectivity index (χ3v) is 3.24. The fourth-order valence-corrected chi connectivity index (χ4v) is 2.14. The first kappa shape index (κ1) is 15.3. The van der Waals surface area contributed by atoms with E-state index >= 15 is 0 Å². The normalized spacial score (nSPS) is 10.6. The standard InChI is InChI=1S/C17H22N2O2/c1-3-5-12-21-15-10-9-14(19-16(20)7-4-2)13-8-6-11-18-17(13)15/h6,8-11H,3-5,7,12H2,1-2H3,(H,19,20). The van der Waals surface area contributed by atoms with Crippen LogP contribution in [0.3, 0.4) is 0 Å². The van der Waals surface area contributed by atoms with Gasteiger partial charge in [-0.05, 0) is 37.1 Å². The van der Waals surface area contributed by atoms with Crippen LogP contribution >= 0.6 is 0 Å². The molecule has 0 aliphatic carbocycles. The summed E-state index contributed by atoms with van der Waals surface area (Å²) in [4.78, 5) is 16.2. The van der Waals surface area contributed by atoms with Gasteiger partial charge in [0.2, 0.25) is 5.91 Å². The predicted molar refractivity (Wildman–Crippen MR) is 85.7 cm³/mol. The largest absolute Gasteiger partial charge is 0.491 e. The molecule has 0 aliphatic heterocycles. The Morgan fingerprint density at radius 3 is 2.86 bits per heavy atom. The van der Waals surface area contributed by atoms with E-state index in [1.165, 1.54) is 0 Å². The van der Waals surface area contributed by atoms with Crippen molar-refractivity contribution in [1.29, 1.82) is 0 Å². The number of nitrogens with one attached hydrogen (secondary N) is 1. The van der Waals surface area contributed by atoms with E-state index < -0.39 is 0 Å². The summed E-state index contributed by atoms with van der Waals surface area (Å²) in [6.07, 6.45) is 5.21. The van der Waals surface area contributed by atoms with Gasteiger partial charge in [-0.15, -0.1) is 0 Å². The molecule has 1 amide bonds. The van der Waals surface area contributed by atoms with Gasteiger partial charge in [0, 0.05) is 18.0 Å². The number of hydrogen-bond donors (Lipinski definition) is 1. The first-order valence-electron chi connectivity index (χ1n) is 7.56. The molecule has 1 aromatic heterocycles. The minimum atomic E-state index is 0.0299. The maximum atomic E-state index is 11.8. The van der Waals surface area contributed by atoms with Crippen molar-refractivity contribution in [3.05, 3.63) is 30.5 Å². The zero-order valence-corrected chi connectivity index (χ0v) is 12.7. The van der Waals surface area contributed by atoms with Crippen LogP contribution in [0, 0.1) is 0 Å². The number of carbonyl (C=O) groups is 1. The third-order valence-electron chi connectivity index (χ3n) is 3.24. The molecule has 0 unspecified atom stereocenters. The van der Waals surface area contributed by atoms with E-state index in [1.54, 1.807) is 6.20 Å². The lowest BCUT2D eigenvalue weighted by Gasteiger charge is -2.12. The zero-order valence-electron chi connectivity index (χ0n) is 12.7. The summed E-state index contributed by atoms with van der Waals surface area (Å²) in [6.45, 7) is 4.81. The van der Waals surface area contributed by atoms with Crippen LogP contribution in [0.1, 0.15) is 39.5 Å². The monoisotopic (exact) mass is 286 g/mol. The molecule has 1 N–H and O–H groups in total. The lowest BCUT2D eigenvalue weighted by molar-refractivity contribution is -0.116. The molecule has 2 rings (SSSR count). The number of ether oxygens (including phenoxy) is 1. The van der Waals surface area contributed by atoms with Gasteiger partial charge in [0.1, 0.15) is 11.3 Å². The zero-order chi connectivity index (χ0) is 15.1. The highest BCUT2D eigenvalue weighted by Gasteiger charge is 2.10. The van der Waals surface area contributed by atoms with Crippen molar-refractivity contribution in [3.63, 3.8) is 0 Å². The van der Waals surface area contributed by atoms with E-state index in [-0.39, 0.29) is 5.91 Å². The Bertz CT molecular complexity index is 611. The van der Waals surface area contributed by atoms with Crippen molar-refractivity contribution in [2.24, 2.45) is 0 Å². The number of nitrogens with zero attached hydrogens (tertiary/aromatic N) is 1. The van der Waals surface area contributed by atoms with Crippen molar-refractivity contribution in [2.75, 3.05) is 11.9 Å². The fraction of sp³-hybridized carbons (Fsp3) is 0.412. The number of carbonyl (C=O) groups excluding carboxylic acids is 1. The Morgan fingerprint density at radius 2 is 2.10 bits per heavy atom. The van der Waals surface area contributed by atoms with Gasteiger partial charge >= 0.3 is 0 Å². The second kappa shape index (κ2) is 7.62. The number of anilines is 1. The smallest absolute Gasteiger partial charge is 0.224 e. The number of unbranched alkanes of at least 4 members (excludes halogenated alkanes) is 1. The lowest BCUT2D eigenvalue weighted by Crippen LogP contribution is -2.11. The molecule has 4 nitrogen and oxygen atoms in total. The maximum Gasteiger partial charge on any atom is 0.224 e. The number of hydrogen-bond acceptors (Lipinski definition) is 3. The highest BCUT2D eigenvalue weighted by atomic mass is 16.5. The van der Waals surface area contributed by atoms with Crippen molar-refractivity contribution >= 4 is 22.5 Å². The van der Waals surface area contributed by atoms with Crippen molar-refractivity contribution in [2.45, 2.75) is 39.5 Å². The maximum absolute atomic E-state index is 11.8.